The van der Waals surface area contributed by atoms with Crippen molar-refractivity contribution >= 4 is 17.3 Å². The van der Waals surface area contributed by atoms with Crippen LogP contribution in [0.5, 0.6) is 0 Å². The molecule has 0 amide bonds. The molecule has 1 aromatic heterocycles. The molecular weight excluding hydrogens is 342 g/mol. The van der Waals surface area contributed by atoms with Crippen LogP contribution in [-0.2, 0) is 19.6 Å². The fourth-order valence-electron chi connectivity index (χ4n) is 2.87. The zero-order chi connectivity index (χ0) is 18.9. The molecule has 0 saturated heterocycles. The number of nitrogens with zero attached hydrogens (tertiary/aromatic N) is 3. The van der Waals surface area contributed by atoms with Crippen molar-refractivity contribution in [2.45, 2.75) is 47.3 Å². The van der Waals surface area contributed by atoms with Gasteiger partial charge in [0.15, 0.2) is 5.96 Å². The third kappa shape index (κ3) is 5.81. The van der Waals surface area contributed by atoms with Gasteiger partial charge in [-0.15, -0.1) is 11.3 Å². The standard InChI is InChI=1S/C20H31N5S/c1-6-25(7-2)14-18-11-9-8-10-17(18)12-22-20(21-5)23-13-19-15(3)24-16(4)26-19/h8-11H,6-7,12-14H2,1-5H3,(H2,21,22,23). The monoisotopic (exact) mass is 373 g/mol. The number of aromatic nitrogens is 1. The van der Waals surface area contributed by atoms with Gasteiger partial charge in [0, 0.05) is 25.0 Å². The summed E-state index contributed by atoms with van der Waals surface area (Å²) in [5.74, 6) is 0.813. The normalized spacial score (nSPS) is 11.8. The fraction of sp³-hybridized carbons (Fsp3) is 0.500. The lowest BCUT2D eigenvalue weighted by molar-refractivity contribution is 0.295. The molecule has 1 heterocycles. The number of hydrogen-bond acceptors (Lipinski definition) is 4. The first-order chi connectivity index (χ1) is 12.6. The van der Waals surface area contributed by atoms with Crippen molar-refractivity contribution in [3.63, 3.8) is 0 Å². The van der Waals surface area contributed by atoms with E-state index in [2.05, 4.69) is 70.5 Å². The average Bonchev–Trinajstić information content (AvgIpc) is 2.98. The van der Waals surface area contributed by atoms with E-state index in [1.54, 1.807) is 11.3 Å². The van der Waals surface area contributed by atoms with E-state index in [1.165, 1.54) is 16.0 Å². The largest absolute Gasteiger partial charge is 0.352 e. The van der Waals surface area contributed by atoms with Gasteiger partial charge < -0.3 is 10.6 Å². The Kier molecular flexibility index (Phi) is 8.06. The third-order valence-electron chi connectivity index (χ3n) is 4.49. The van der Waals surface area contributed by atoms with Crippen LogP contribution >= 0.6 is 11.3 Å². The second-order valence-electron chi connectivity index (χ2n) is 6.25. The molecule has 0 saturated carbocycles. The molecule has 142 valence electrons. The Morgan fingerprint density at radius 2 is 1.73 bits per heavy atom. The van der Waals surface area contributed by atoms with Crippen LogP contribution in [-0.4, -0.2) is 36.0 Å². The van der Waals surface area contributed by atoms with Crippen LogP contribution in [0.3, 0.4) is 0 Å². The maximum atomic E-state index is 4.48. The highest BCUT2D eigenvalue weighted by Gasteiger charge is 2.08. The molecule has 0 aliphatic heterocycles. The van der Waals surface area contributed by atoms with Crippen molar-refractivity contribution in [3.05, 3.63) is 51.0 Å². The Balaban J connectivity index is 1.95. The van der Waals surface area contributed by atoms with Gasteiger partial charge in [0.05, 0.1) is 17.2 Å². The van der Waals surface area contributed by atoms with E-state index in [-0.39, 0.29) is 0 Å². The van der Waals surface area contributed by atoms with Crippen LogP contribution in [0.2, 0.25) is 0 Å². The Hall–Kier alpha value is -1.92. The predicted molar refractivity (Wildman–Crippen MR) is 112 cm³/mol. The molecule has 2 N–H and O–H groups in total. The molecule has 2 aromatic rings. The van der Waals surface area contributed by atoms with Gasteiger partial charge in [-0.05, 0) is 38.1 Å². The van der Waals surface area contributed by atoms with Gasteiger partial charge >= 0.3 is 0 Å². The summed E-state index contributed by atoms with van der Waals surface area (Å²) < 4.78 is 0. The van der Waals surface area contributed by atoms with E-state index in [1.807, 2.05) is 14.0 Å². The lowest BCUT2D eigenvalue weighted by Crippen LogP contribution is -2.36. The van der Waals surface area contributed by atoms with Crippen LogP contribution in [0.15, 0.2) is 29.3 Å². The summed E-state index contributed by atoms with van der Waals surface area (Å²) in [6.07, 6.45) is 0. The first kappa shape index (κ1) is 20.4. The van der Waals surface area contributed by atoms with E-state index in [0.717, 1.165) is 49.4 Å². The number of aliphatic imine (C=N–C) groups is 1. The van der Waals surface area contributed by atoms with Crippen molar-refractivity contribution < 1.29 is 0 Å². The lowest BCUT2D eigenvalue weighted by Gasteiger charge is -2.20. The number of aryl methyl sites for hydroxylation is 2. The van der Waals surface area contributed by atoms with Crippen LogP contribution in [0, 0.1) is 13.8 Å². The van der Waals surface area contributed by atoms with Crippen molar-refractivity contribution in [2.75, 3.05) is 20.1 Å². The Morgan fingerprint density at radius 3 is 2.31 bits per heavy atom. The molecule has 0 bridgehead atoms. The lowest BCUT2D eigenvalue weighted by atomic mass is 10.1. The zero-order valence-electron chi connectivity index (χ0n) is 16.6. The number of hydrogen-bond donors (Lipinski definition) is 2. The van der Waals surface area contributed by atoms with Crippen molar-refractivity contribution in [3.8, 4) is 0 Å². The van der Waals surface area contributed by atoms with E-state index < -0.39 is 0 Å². The van der Waals surface area contributed by atoms with Gasteiger partial charge in [-0.2, -0.15) is 0 Å². The van der Waals surface area contributed by atoms with Crippen molar-refractivity contribution in [2.24, 2.45) is 4.99 Å². The van der Waals surface area contributed by atoms with Gasteiger partial charge in [0.25, 0.3) is 0 Å². The summed E-state index contributed by atoms with van der Waals surface area (Å²) >= 11 is 1.73. The molecule has 0 unspecified atom stereocenters. The zero-order valence-corrected chi connectivity index (χ0v) is 17.4. The molecule has 0 atom stereocenters. The minimum atomic E-state index is 0.748. The van der Waals surface area contributed by atoms with Gasteiger partial charge in [0.1, 0.15) is 0 Å². The first-order valence-corrected chi connectivity index (χ1v) is 10.1. The average molecular weight is 374 g/mol. The predicted octanol–water partition coefficient (Wildman–Crippen LogP) is 3.47. The van der Waals surface area contributed by atoms with Crippen molar-refractivity contribution in [1.29, 1.82) is 0 Å². The van der Waals surface area contributed by atoms with E-state index in [4.69, 9.17) is 0 Å². The molecule has 5 nitrogen and oxygen atoms in total. The summed E-state index contributed by atoms with van der Waals surface area (Å²) in [5, 5.41) is 7.93. The smallest absolute Gasteiger partial charge is 0.191 e. The molecule has 1 aromatic carbocycles. The number of thiazole rings is 1. The minimum absolute atomic E-state index is 0.748. The minimum Gasteiger partial charge on any atom is -0.352 e. The van der Waals surface area contributed by atoms with Gasteiger partial charge in [-0.1, -0.05) is 38.1 Å². The second-order valence-corrected chi connectivity index (χ2v) is 7.54. The molecular formula is C20H31N5S. The number of rotatable bonds is 8. The van der Waals surface area contributed by atoms with E-state index in [0.29, 0.717) is 0 Å². The summed E-state index contributed by atoms with van der Waals surface area (Å²) in [7, 11) is 1.81. The SMILES string of the molecule is CCN(CC)Cc1ccccc1CNC(=NC)NCc1sc(C)nc1C. The van der Waals surface area contributed by atoms with Gasteiger partial charge in [-0.25, -0.2) is 4.98 Å². The van der Waals surface area contributed by atoms with E-state index in [9.17, 15) is 0 Å². The van der Waals surface area contributed by atoms with Gasteiger partial charge in [0.2, 0.25) is 0 Å². The maximum absolute atomic E-state index is 4.48. The quantitative estimate of drug-likeness (QED) is 0.550. The van der Waals surface area contributed by atoms with Crippen LogP contribution < -0.4 is 10.6 Å². The second kappa shape index (κ2) is 10.3. The number of guanidine groups is 1. The maximum Gasteiger partial charge on any atom is 0.191 e. The fourth-order valence-corrected chi connectivity index (χ4v) is 3.75. The van der Waals surface area contributed by atoms with Crippen LogP contribution in [0.4, 0.5) is 0 Å². The van der Waals surface area contributed by atoms with Gasteiger partial charge in [-0.3, -0.25) is 9.89 Å². The summed E-state index contributed by atoms with van der Waals surface area (Å²) in [4.78, 5) is 12.5. The molecule has 0 aliphatic carbocycles. The summed E-state index contributed by atoms with van der Waals surface area (Å²) in [6, 6.07) is 8.62. The molecule has 2 rings (SSSR count). The molecule has 26 heavy (non-hydrogen) atoms. The topological polar surface area (TPSA) is 52.5 Å². The number of benzene rings is 1. The Morgan fingerprint density at radius 1 is 1.08 bits per heavy atom. The third-order valence-corrected chi connectivity index (χ3v) is 5.57. The van der Waals surface area contributed by atoms with Crippen molar-refractivity contribution in [1.82, 2.24) is 20.5 Å². The highest BCUT2D eigenvalue weighted by atomic mass is 32.1. The summed E-state index contributed by atoms with van der Waals surface area (Å²) in [6.45, 7) is 13.1. The summed E-state index contributed by atoms with van der Waals surface area (Å²) in [5.41, 5.74) is 3.78. The molecule has 0 spiro atoms. The Bertz CT molecular complexity index is 719. The van der Waals surface area contributed by atoms with Crippen LogP contribution in [0.1, 0.15) is 40.6 Å². The van der Waals surface area contributed by atoms with E-state index >= 15 is 0 Å². The highest BCUT2D eigenvalue weighted by molar-refractivity contribution is 7.11. The Labute approximate surface area is 161 Å². The highest BCUT2D eigenvalue weighted by Crippen LogP contribution is 2.16. The molecule has 0 fully saturated rings. The molecule has 0 aliphatic rings. The molecule has 6 heteroatoms. The molecule has 0 radical (unpaired) electrons. The first-order valence-electron chi connectivity index (χ1n) is 9.23. The number of nitrogens with one attached hydrogen (secondary N) is 2. The van der Waals surface area contributed by atoms with Crippen LogP contribution in [0.25, 0.3) is 0 Å².